The van der Waals surface area contributed by atoms with E-state index in [1.807, 2.05) is 0 Å². The summed E-state index contributed by atoms with van der Waals surface area (Å²) >= 11 is 0. The fourth-order valence-electron chi connectivity index (χ4n) is 1.76. The molecule has 0 saturated heterocycles. The van der Waals surface area contributed by atoms with Gasteiger partial charge in [-0.15, -0.1) is 0 Å². The SMILES string of the molecule is C[SiH](C)O[SiH2]O[Si](C)(C)CCCc1ccccc1. The molecule has 102 valence electrons. The fourth-order valence-corrected chi connectivity index (χ4v) is 6.62. The average Bonchev–Trinajstić information content (AvgIpc) is 2.29. The minimum absolute atomic E-state index is 0.708. The first-order valence-corrected chi connectivity index (χ1v) is 13.8. The van der Waals surface area contributed by atoms with Crippen LogP contribution in [0.25, 0.3) is 0 Å². The molecule has 0 radical (unpaired) electrons. The molecule has 0 N–H and O–H groups in total. The first-order valence-electron chi connectivity index (χ1n) is 6.79. The summed E-state index contributed by atoms with van der Waals surface area (Å²) in [6.07, 6.45) is 2.40. The van der Waals surface area contributed by atoms with E-state index >= 15 is 0 Å². The molecular formula is C13H26O2Si3. The number of hydrogen-bond donors (Lipinski definition) is 0. The van der Waals surface area contributed by atoms with Crippen molar-refractivity contribution in [3.8, 4) is 0 Å². The van der Waals surface area contributed by atoms with Crippen molar-refractivity contribution in [2.24, 2.45) is 0 Å². The summed E-state index contributed by atoms with van der Waals surface area (Å²) in [5.74, 6) is 0. The first-order chi connectivity index (χ1) is 8.49. The predicted octanol–water partition coefficient (Wildman–Crippen LogP) is 2.84. The largest absolute Gasteiger partial charge is 0.444 e. The van der Waals surface area contributed by atoms with Crippen molar-refractivity contribution in [2.75, 3.05) is 0 Å². The minimum atomic E-state index is -1.47. The zero-order valence-corrected chi connectivity index (χ0v) is 15.7. The Labute approximate surface area is 117 Å². The van der Waals surface area contributed by atoms with Crippen molar-refractivity contribution >= 4 is 27.4 Å². The Hall–Kier alpha value is -0.209. The van der Waals surface area contributed by atoms with Gasteiger partial charge in [0.05, 0.1) is 0 Å². The van der Waals surface area contributed by atoms with Gasteiger partial charge in [0.25, 0.3) is 10.0 Å². The number of rotatable bonds is 8. The van der Waals surface area contributed by atoms with Crippen molar-refractivity contribution in [1.29, 1.82) is 0 Å². The molecule has 1 aromatic carbocycles. The molecular weight excluding hydrogens is 272 g/mol. The molecule has 0 spiro atoms. The van der Waals surface area contributed by atoms with E-state index in [9.17, 15) is 0 Å². The van der Waals surface area contributed by atoms with Gasteiger partial charge in [0.15, 0.2) is 17.4 Å². The summed E-state index contributed by atoms with van der Waals surface area (Å²) in [6, 6.07) is 11.9. The van der Waals surface area contributed by atoms with Crippen molar-refractivity contribution < 1.29 is 8.23 Å². The van der Waals surface area contributed by atoms with Crippen molar-refractivity contribution in [3.05, 3.63) is 35.9 Å². The van der Waals surface area contributed by atoms with Crippen molar-refractivity contribution in [3.63, 3.8) is 0 Å². The van der Waals surface area contributed by atoms with Gasteiger partial charge < -0.3 is 8.23 Å². The summed E-state index contributed by atoms with van der Waals surface area (Å²) in [5, 5.41) is 0. The molecule has 0 bridgehead atoms. The highest BCUT2D eigenvalue weighted by Crippen LogP contribution is 2.15. The van der Waals surface area contributed by atoms with E-state index in [2.05, 4.69) is 56.5 Å². The second kappa shape index (κ2) is 8.06. The molecule has 1 aromatic rings. The van der Waals surface area contributed by atoms with Crippen LogP contribution in [-0.4, -0.2) is 27.4 Å². The maximum absolute atomic E-state index is 6.07. The smallest absolute Gasteiger partial charge is 0.283 e. The zero-order valence-electron chi connectivity index (χ0n) is 12.1. The van der Waals surface area contributed by atoms with Gasteiger partial charge in [0.2, 0.25) is 0 Å². The standard InChI is InChI=1S/C13H26O2Si3/c1-17(2)14-16-15-18(3,4)12-8-11-13-9-6-5-7-10-13/h5-7,9-10,17H,8,11-12,16H2,1-4H3. The fraction of sp³-hybridized carbons (Fsp3) is 0.538. The van der Waals surface area contributed by atoms with Gasteiger partial charge in [0, 0.05) is 0 Å². The van der Waals surface area contributed by atoms with Crippen LogP contribution < -0.4 is 0 Å². The molecule has 0 atom stereocenters. The molecule has 1 rings (SSSR count). The van der Waals surface area contributed by atoms with Gasteiger partial charge >= 0.3 is 0 Å². The maximum Gasteiger partial charge on any atom is 0.283 e. The van der Waals surface area contributed by atoms with Crippen molar-refractivity contribution in [2.45, 2.75) is 45.1 Å². The van der Waals surface area contributed by atoms with Gasteiger partial charge in [0.1, 0.15) is 0 Å². The van der Waals surface area contributed by atoms with Gasteiger partial charge in [-0.05, 0) is 50.6 Å². The van der Waals surface area contributed by atoms with E-state index in [0.29, 0.717) is 0 Å². The molecule has 0 aliphatic heterocycles. The van der Waals surface area contributed by atoms with E-state index in [4.69, 9.17) is 8.23 Å². The molecule has 0 amide bonds. The van der Waals surface area contributed by atoms with Crippen LogP contribution in [0.15, 0.2) is 30.3 Å². The zero-order chi connectivity index (χ0) is 13.4. The first kappa shape index (κ1) is 15.8. The topological polar surface area (TPSA) is 18.5 Å². The molecule has 0 saturated carbocycles. The second-order valence-electron chi connectivity index (χ2n) is 5.58. The highest BCUT2D eigenvalue weighted by molar-refractivity contribution is 6.75. The minimum Gasteiger partial charge on any atom is -0.444 e. The van der Waals surface area contributed by atoms with Gasteiger partial charge in [-0.3, -0.25) is 0 Å². The Morgan fingerprint density at radius 3 is 2.44 bits per heavy atom. The van der Waals surface area contributed by atoms with Crippen LogP contribution in [0, 0.1) is 0 Å². The summed E-state index contributed by atoms with van der Waals surface area (Å²) < 4.78 is 11.8. The molecule has 0 unspecified atom stereocenters. The Morgan fingerprint density at radius 2 is 1.83 bits per heavy atom. The Kier molecular flexibility index (Phi) is 7.10. The lowest BCUT2D eigenvalue weighted by atomic mass is 10.1. The van der Waals surface area contributed by atoms with E-state index in [-0.39, 0.29) is 0 Å². The third kappa shape index (κ3) is 7.28. The third-order valence-corrected chi connectivity index (χ3v) is 11.3. The summed E-state index contributed by atoms with van der Waals surface area (Å²) in [7, 11) is -3.05. The lowest BCUT2D eigenvalue weighted by Crippen LogP contribution is -2.34. The van der Waals surface area contributed by atoms with E-state index in [1.54, 1.807) is 0 Å². The molecule has 18 heavy (non-hydrogen) atoms. The molecule has 0 aliphatic rings. The highest BCUT2D eigenvalue weighted by Gasteiger charge is 2.21. The van der Waals surface area contributed by atoms with Crippen LogP contribution in [0.5, 0.6) is 0 Å². The Balaban J connectivity index is 2.20. The van der Waals surface area contributed by atoms with Gasteiger partial charge in [-0.1, -0.05) is 30.3 Å². The van der Waals surface area contributed by atoms with Gasteiger partial charge in [-0.2, -0.15) is 0 Å². The predicted molar refractivity (Wildman–Crippen MR) is 86.6 cm³/mol. The summed E-state index contributed by atoms with van der Waals surface area (Å²) in [6.45, 7) is 9.05. The monoisotopic (exact) mass is 298 g/mol. The average molecular weight is 299 g/mol. The van der Waals surface area contributed by atoms with Crippen LogP contribution >= 0.6 is 0 Å². The molecule has 0 aromatic heterocycles. The van der Waals surface area contributed by atoms with Crippen LogP contribution in [0.1, 0.15) is 12.0 Å². The quantitative estimate of drug-likeness (QED) is 0.687. The molecule has 2 nitrogen and oxygen atoms in total. The maximum atomic E-state index is 6.07. The number of aryl methyl sites for hydroxylation is 1. The number of benzene rings is 1. The van der Waals surface area contributed by atoms with Crippen molar-refractivity contribution in [1.82, 2.24) is 0 Å². The highest BCUT2D eigenvalue weighted by atomic mass is 28.4. The molecule has 5 heteroatoms. The van der Waals surface area contributed by atoms with Crippen LogP contribution in [0.3, 0.4) is 0 Å². The number of hydrogen-bond acceptors (Lipinski definition) is 2. The normalized spacial score (nSPS) is 12.7. The Bertz CT molecular complexity index is 328. The lowest BCUT2D eigenvalue weighted by Gasteiger charge is -2.23. The Morgan fingerprint density at radius 1 is 1.17 bits per heavy atom. The van der Waals surface area contributed by atoms with Crippen LogP contribution in [-0.2, 0) is 14.7 Å². The van der Waals surface area contributed by atoms with Gasteiger partial charge in [-0.25, -0.2) is 0 Å². The lowest BCUT2D eigenvalue weighted by molar-refractivity contribution is 0.461. The second-order valence-corrected chi connectivity index (χ2v) is 14.4. The van der Waals surface area contributed by atoms with E-state index in [0.717, 1.165) is 0 Å². The van der Waals surface area contributed by atoms with E-state index in [1.165, 1.54) is 24.4 Å². The summed E-state index contributed by atoms with van der Waals surface area (Å²) in [4.78, 5) is 0. The molecule has 0 heterocycles. The summed E-state index contributed by atoms with van der Waals surface area (Å²) in [5.41, 5.74) is 1.44. The van der Waals surface area contributed by atoms with Crippen LogP contribution in [0.2, 0.25) is 32.2 Å². The molecule has 0 aliphatic carbocycles. The van der Waals surface area contributed by atoms with E-state index < -0.39 is 27.4 Å². The molecule has 0 fully saturated rings. The van der Waals surface area contributed by atoms with Crippen LogP contribution in [0.4, 0.5) is 0 Å². The third-order valence-electron chi connectivity index (χ3n) is 2.94.